The predicted molar refractivity (Wildman–Crippen MR) is 111 cm³/mol. The number of benzene rings is 2. The van der Waals surface area contributed by atoms with Gasteiger partial charge >= 0.3 is 0 Å². The Labute approximate surface area is 163 Å². The van der Waals surface area contributed by atoms with E-state index in [4.69, 9.17) is 12.2 Å². The van der Waals surface area contributed by atoms with Crippen molar-refractivity contribution >= 4 is 62.9 Å². The Kier molecular flexibility index (Phi) is 5.27. The van der Waals surface area contributed by atoms with Crippen LogP contribution in [0.15, 0.2) is 47.4 Å². The second kappa shape index (κ2) is 7.25. The fourth-order valence-corrected chi connectivity index (χ4v) is 4.07. The van der Waals surface area contributed by atoms with Crippen LogP contribution in [0.1, 0.15) is 16.7 Å². The standard InChI is InChI=1S/C18H14INO2S2/c1-11-2-4-12(5-3-11)10-20-17(22)16(24-18(20)23)9-13-6-7-15(21)14(19)8-13/h2-9,21H,10H2,1H3. The summed E-state index contributed by atoms with van der Waals surface area (Å²) in [6, 6.07) is 13.3. The molecule has 0 saturated carbocycles. The Bertz CT molecular complexity index is 847. The lowest BCUT2D eigenvalue weighted by atomic mass is 10.1. The second-order valence-corrected chi connectivity index (χ2v) is 8.30. The van der Waals surface area contributed by atoms with E-state index in [1.54, 1.807) is 17.0 Å². The van der Waals surface area contributed by atoms with E-state index in [-0.39, 0.29) is 11.7 Å². The summed E-state index contributed by atoms with van der Waals surface area (Å²) >= 11 is 8.74. The van der Waals surface area contributed by atoms with Crippen LogP contribution >= 0.6 is 46.6 Å². The molecular weight excluding hydrogens is 453 g/mol. The van der Waals surface area contributed by atoms with Gasteiger partial charge in [-0.15, -0.1) is 0 Å². The smallest absolute Gasteiger partial charge is 0.266 e. The van der Waals surface area contributed by atoms with Gasteiger partial charge in [0, 0.05) is 0 Å². The van der Waals surface area contributed by atoms with Crippen LogP contribution in [0.25, 0.3) is 6.08 Å². The van der Waals surface area contributed by atoms with Crippen molar-refractivity contribution in [3.63, 3.8) is 0 Å². The molecule has 2 aromatic carbocycles. The lowest BCUT2D eigenvalue weighted by Crippen LogP contribution is -2.27. The molecule has 2 aromatic rings. The minimum atomic E-state index is -0.0753. The molecule has 1 amide bonds. The lowest BCUT2D eigenvalue weighted by molar-refractivity contribution is -0.122. The highest BCUT2D eigenvalue weighted by Gasteiger charge is 2.31. The third-order valence-electron chi connectivity index (χ3n) is 3.60. The average Bonchev–Trinajstić information content (AvgIpc) is 2.80. The monoisotopic (exact) mass is 467 g/mol. The van der Waals surface area contributed by atoms with Gasteiger partial charge in [-0.1, -0.05) is 59.9 Å². The number of aromatic hydroxyl groups is 1. The predicted octanol–water partition coefficient (Wildman–Crippen LogP) is 4.71. The van der Waals surface area contributed by atoms with Crippen molar-refractivity contribution in [2.24, 2.45) is 0 Å². The van der Waals surface area contributed by atoms with Crippen LogP contribution in [-0.4, -0.2) is 20.2 Å². The SMILES string of the molecule is Cc1ccc(CN2C(=O)C(=Cc3ccc(O)c(I)c3)SC2=S)cc1. The van der Waals surface area contributed by atoms with Crippen molar-refractivity contribution in [2.45, 2.75) is 13.5 Å². The molecule has 1 aliphatic heterocycles. The van der Waals surface area contributed by atoms with Crippen LogP contribution in [-0.2, 0) is 11.3 Å². The average molecular weight is 467 g/mol. The van der Waals surface area contributed by atoms with Crippen LogP contribution in [0.2, 0.25) is 0 Å². The van der Waals surface area contributed by atoms with Crippen LogP contribution < -0.4 is 0 Å². The van der Waals surface area contributed by atoms with Gasteiger partial charge in [0.05, 0.1) is 15.0 Å². The number of carbonyl (C=O) groups excluding carboxylic acids is 1. The molecule has 0 aromatic heterocycles. The first-order valence-corrected chi connectivity index (χ1v) is 9.54. The third-order valence-corrected chi connectivity index (χ3v) is 5.85. The van der Waals surface area contributed by atoms with E-state index in [0.717, 1.165) is 14.7 Å². The van der Waals surface area contributed by atoms with E-state index in [0.29, 0.717) is 15.8 Å². The van der Waals surface area contributed by atoms with Crippen molar-refractivity contribution < 1.29 is 9.90 Å². The Balaban J connectivity index is 1.81. The van der Waals surface area contributed by atoms with Crippen LogP contribution in [0.3, 0.4) is 0 Å². The Morgan fingerprint density at radius 3 is 2.62 bits per heavy atom. The summed E-state index contributed by atoms with van der Waals surface area (Å²) in [4.78, 5) is 14.9. The van der Waals surface area contributed by atoms with Gasteiger partial charge in [-0.05, 0) is 58.9 Å². The number of amides is 1. The topological polar surface area (TPSA) is 40.5 Å². The second-order valence-electron chi connectivity index (χ2n) is 5.46. The van der Waals surface area contributed by atoms with Gasteiger partial charge in [0.15, 0.2) is 0 Å². The van der Waals surface area contributed by atoms with Gasteiger partial charge in [0.25, 0.3) is 5.91 Å². The summed E-state index contributed by atoms with van der Waals surface area (Å²) < 4.78 is 1.32. The summed E-state index contributed by atoms with van der Waals surface area (Å²) in [5.74, 6) is 0.160. The van der Waals surface area contributed by atoms with E-state index in [2.05, 4.69) is 22.6 Å². The highest BCUT2D eigenvalue weighted by atomic mass is 127. The van der Waals surface area contributed by atoms with Gasteiger partial charge in [-0.3, -0.25) is 9.69 Å². The van der Waals surface area contributed by atoms with Gasteiger partial charge in [0.2, 0.25) is 0 Å². The molecule has 3 nitrogen and oxygen atoms in total. The summed E-state index contributed by atoms with van der Waals surface area (Å²) in [6.07, 6.45) is 1.82. The summed E-state index contributed by atoms with van der Waals surface area (Å²) in [6.45, 7) is 2.51. The Hall–Kier alpha value is -1.38. The molecule has 1 saturated heterocycles. The zero-order chi connectivity index (χ0) is 17.3. The molecule has 0 radical (unpaired) electrons. The molecule has 0 unspecified atom stereocenters. The number of nitrogens with zero attached hydrogens (tertiary/aromatic N) is 1. The molecule has 0 aliphatic carbocycles. The van der Waals surface area contributed by atoms with Gasteiger partial charge in [0.1, 0.15) is 10.1 Å². The first kappa shape index (κ1) is 17.4. The fourth-order valence-electron chi connectivity index (χ4n) is 2.28. The Morgan fingerprint density at radius 2 is 1.96 bits per heavy atom. The Morgan fingerprint density at radius 1 is 1.25 bits per heavy atom. The number of thiocarbonyl (C=S) groups is 1. The van der Waals surface area contributed by atoms with Crippen molar-refractivity contribution in [1.82, 2.24) is 4.90 Å². The third kappa shape index (κ3) is 3.81. The van der Waals surface area contributed by atoms with Gasteiger partial charge in [-0.2, -0.15) is 0 Å². The summed E-state index contributed by atoms with van der Waals surface area (Å²) in [5, 5.41) is 9.59. The minimum Gasteiger partial charge on any atom is -0.507 e. The van der Waals surface area contributed by atoms with Crippen molar-refractivity contribution in [1.29, 1.82) is 0 Å². The molecule has 0 bridgehead atoms. The molecule has 1 fully saturated rings. The zero-order valence-electron chi connectivity index (χ0n) is 12.8. The largest absolute Gasteiger partial charge is 0.507 e. The fraction of sp³-hybridized carbons (Fsp3) is 0.111. The quantitative estimate of drug-likeness (QED) is 0.404. The number of phenols is 1. The van der Waals surface area contributed by atoms with Crippen molar-refractivity contribution in [2.75, 3.05) is 0 Å². The molecule has 122 valence electrons. The van der Waals surface area contributed by atoms with E-state index in [9.17, 15) is 9.90 Å². The molecular formula is C18H14INO2S2. The van der Waals surface area contributed by atoms with Crippen LogP contribution in [0.4, 0.5) is 0 Å². The van der Waals surface area contributed by atoms with Crippen LogP contribution in [0.5, 0.6) is 5.75 Å². The molecule has 1 heterocycles. The van der Waals surface area contributed by atoms with Gasteiger partial charge < -0.3 is 5.11 Å². The molecule has 6 heteroatoms. The van der Waals surface area contributed by atoms with Crippen LogP contribution in [0, 0.1) is 10.5 Å². The van der Waals surface area contributed by atoms with Crippen molar-refractivity contribution in [3.05, 3.63) is 67.6 Å². The molecule has 0 spiro atoms. The first-order valence-electron chi connectivity index (χ1n) is 7.23. The minimum absolute atomic E-state index is 0.0753. The highest BCUT2D eigenvalue weighted by Crippen LogP contribution is 2.34. The summed E-state index contributed by atoms with van der Waals surface area (Å²) in [5.41, 5.74) is 3.11. The number of hydrogen-bond donors (Lipinski definition) is 1. The first-order chi connectivity index (χ1) is 11.4. The number of carbonyl (C=O) groups is 1. The number of aryl methyl sites for hydroxylation is 1. The maximum absolute atomic E-state index is 12.6. The number of halogens is 1. The molecule has 1 aliphatic rings. The molecule has 24 heavy (non-hydrogen) atoms. The zero-order valence-corrected chi connectivity index (χ0v) is 16.6. The number of phenolic OH excluding ortho intramolecular Hbond substituents is 1. The normalized spacial score (nSPS) is 16.2. The van der Waals surface area contributed by atoms with E-state index in [1.165, 1.54) is 17.3 Å². The maximum atomic E-state index is 12.6. The van der Waals surface area contributed by atoms with Crippen molar-refractivity contribution in [3.8, 4) is 5.75 Å². The summed E-state index contributed by atoms with van der Waals surface area (Å²) in [7, 11) is 0. The lowest BCUT2D eigenvalue weighted by Gasteiger charge is -2.14. The van der Waals surface area contributed by atoms with E-state index < -0.39 is 0 Å². The molecule has 1 N–H and O–H groups in total. The van der Waals surface area contributed by atoms with Gasteiger partial charge in [-0.25, -0.2) is 0 Å². The molecule has 0 atom stereocenters. The maximum Gasteiger partial charge on any atom is 0.266 e. The number of rotatable bonds is 3. The number of hydrogen-bond acceptors (Lipinski definition) is 4. The van der Waals surface area contributed by atoms with E-state index >= 15 is 0 Å². The van der Waals surface area contributed by atoms with E-state index in [1.807, 2.05) is 43.3 Å². The molecule has 3 rings (SSSR count). The number of thioether (sulfide) groups is 1. The highest BCUT2D eigenvalue weighted by molar-refractivity contribution is 14.1.